The molecule has 90 heavy (non-hydrogen) atoms. The maximum atomic E-state index is 15.0. The molecule has 1 aromatic rings. The van der Waals surface area contributed by atoms with E-state index >= 15 is 0 Å². The number of guanidine groups is 1. The molecule has 0 aliphatic carbocycles. The lowest BCUT2D eigenvalue weighted by Gasteiger charge is -2.37. The Kier molecular flexibility index (Phi) is 32.7. The van der Waals surface area contributed by atoms with E-state index in [2.05, 4.69) is 38.5 Å². The Bertz CT molecular complexity index is 2590. The number of nitrogens with two attached hydrogens (primary N) is 3. The molecular weight excluding hydrogens is 1160 g/mol. The van der Waals surface area contributed by atoms with Gasteiger partial charge in [-0.3, -0.25) is 57.7 Å². The van der Waals surface area contributed by atoms with Crippen molar-refractivity contribution in [2.24, 2.45) is 45.9 Å². The number of aliphatic carboxylic acids is 1. The quantitative estimate of drug-likeness (QED) is 0.0246. The van der Waals surface area contributed by atoms with Crippen LogP contribution in [0.2, 0.25) is 0 Å². The number of rotatable bonds is 38. The Labute approximate surface area is 531 Å². The molecule has 0 saturated carbocycles. The molecule has 0 radical (unpaired) electrons. The lowest BCUT2D eigenvalue weighted by atomic mass is 9.94. The maximum Gasteiger partial charge on any atom is 0.305 e. The Hall–Kier alpha value is -7.42. The van der Waals surface area contributed by atoms with E-state index in [1.54, 1.807) is 58.6 Å². The summed E-state index contributed by atoms with van der Waals surface area (Å²) in [4.78, 5) is 165. The maximum absolute atomic E-state index is 15.0. The van der Waals surface area contributed by atoms with Crippen LogP contribution >= 0.6 is 0 Å². The molecule has 2 fully saturated rings. The van der Waals surface area contributed by atoms with Crippen molar-refractivity contribution in [2.75, 3.05) is 60.9 Å². The number of primary amides is 1. The van der Waals surface area contributed by atoms with E-state index in [9.17, 15) is 63.0 Å². The summed E-state index contributed by atoms with van der Waals surface area (Å²) < 4.78 is 0. The highest BCUT2D eigenvalue weighted by molar-refractivity contribution is 5.99. The summed E-state index contributed by atoms with van der Waals surface area (Å²) in [5.41, 5.74) is 17.3. The van der Waals surface area contributed by atoms with Gasteiger partial charge in [-0.15, -0.1) is 0 Å². The van der Waals surface area contributed by atoms with E-state index in [0.29, 0.717) is 32.2 Å². The van der Waals surface area contributed by atoms with Crippen LogP contribution in [0.4, 0.5) is 0 Å². The second-order valence-electron chi connectivity index (χ2n) is 25.4. The Morgan fingerprint density at radius 1 is 0.678 bits per heavy atom. The molecule has 27 nitrogen and oxygen atoms in total. The molecule has 0 aromatic heterocycles. The number of aliphatic imine (C=N–C) groups is 1. The molecule has 2 heterocycles. The van der Waals surface area contributed by atoms with Crippen LogP contribution in [0.15, 0.2) is 35.3 Å². The molecule has 2 saturated heterocycles. The average molecular weight is 1270 g/mol. The number of benzene rings is 1. The number of carboxylic acids is 1. The highest BCUT2D eigenvalue weighted by atomic mass is 16.4. The van der Waals surface area contributed by atoms with Gasteiger partial charge in [0.15, 0.2) is 5.96 Å². The number of β-amino-alcohol motifs (C(OH)–C–C–N with tert-alkyl or cyclic N) is 1. The number of aliphatic hydroxyl groups excluding tert-OH is 1. The van der Waals surface area contributed by atoms with Crippen molar-refractivity contribution in [1.82, 2.24) is 51.1 Å². The number of piperidine rings is 1. The molecule has 0 unspecified atom stereocenters. The largest absolute Gasteiger partial charge is 0.481 e. The minimum Gasteiger partial charge on any atom is -0.481 e. The molecular formula is C63H106N14O13. The van der Waals surface area contributed by atoms with Crippen LogP contribution < -0.4 is 43.8 Å². The minimum atomic E-state index is -1.81. The third kappa shape index (κ3) is 25.1. The first-order valence-electron chi connectivity index (χ1n) is 32.0. The summed E-state index contributed by atoms with van der Waals surface area (Å²) in [6.45, 7) is 13.2. The third-order valence-corrected chi connectivity index (χ3v) is 16.6. The smallest absolute Gasteiger partial charge is 0.305 e. The summed E-state index contributed by atoms with van der Waals surface area (Å²) in [5.74, 6) is -10.1. The van der Waals surface area contributed by atoms with Gasteiger partial charge in [-0.25, -0.2) is 0 Å². The molecule has 10 amide bonds. The van der Waals surface area contributed by atoms with E-state index in [4.69, 9.17) is 17.2 Å². The van der Waals surface area contributed by atoms with Crippen molar-refractivity contribution >= 4 is 71.0 Å². The van der Waals surface area contributed by atoms with Crippen molar-refractivity contribution in [3.63, 3.8) is 0 Å². The number of likely N-dealkylation sites (N-methyl/N-ethyl adjacent to an activating group) is 3. The van der Waals surface area contributed by atoms with Crippen molar-refractivity contribution in [2.45, 2.75) is 206 Å². The van der Waals surface area contributed by atoms with Crippen LogP contribution in [0.25, 0.3) is 0 Å². The summed E-state index contributed by atoms with van der Waals surface area (Å²) in [6, 6.07) is -1.67. The van der Waals surface area contributed by atoms with Gasteiger partial charge in [0, 0.05) is 66.1 Å². The predicted octanol–water partition coefficient (Wildman–Crippen LogP) is 0.581. The van der Waals surface area contributed by atoms with Crippen LogP contribution in [-0.4, -0.2) is 221 Å². The van der Waals surface area contributed by atoms with Gasteiger partial charge in [0.1, 0.15) is 48.3 Å². The first-order valence-corrected chi connectivity index (χ1v) is 32.0. The van der Waals surface area contributed by atoms with Gasteiger partial charge in [0.2, 0.25) is 59.1 Å². The lowest BCUT2D eigenvalue weighted by molar-refractivity contribution is -0.149. The summed E-state index contributed by atoms with van der Waals surface area (Å²) in [6.07, 6.45) is 4.71. The second kappa shape index (κ2) is 38.3. The highest BCUT2D eigenvalue weighted by Gasteiger charge is 2.46. The number of aliphatic hydroxyl groups is 1. The Morgan fingerprint density at radius 2 is 1.26 bits per heavy atom. The number of nitrogens with one attached hydrogen (secondary N) is 5. The molecule has 1 aromatic carbocycles. The standard InChI is InChI=1S/C63H106N14O13/c1-12-14-15-16-20-27-51(79)76-29-22-25-42(35-76)60(88)74(10)49(32-41-23-18-17-19-24-41)59(87)71-47(37-73(8)9)57(85)70-46(30-38(3)4)61(89)77-36-43(78)33-50(77)62(90)75(11)48(31-39(5)6)58(86)69-45(34-52(80)81)56(84)68-44(26-21-28-67-63(65)66)55(83)72-53(54(64)82)40(7)13-2/h17-19,23-24,38-40,42-50,53,78H,12-16,20-22,25-37H2,1-11H3,(H2,64,82)(H,68,84)(H,69,86)(H,70,85)(H,71,87)(H,72,83)(H,80,81)(H4,65,66,67)/t40-,42-,43+,44-,45-,46-,47+,48-,49-,50-,53-/m0/s1. The fourth-order valence-corrected chi connectivity index (χ4v) is 11.4. The summed E-state index contributed by atoms with van der Waals surface area (Å²) in [5, 5.41) is 34.4. The van der Waals surface area contributed by atoms with E-state index in [0.717, 1.165) is 47.5 Å². The minimum absolute atomic E-state index is 0.00331. The zero-order valence-electron chi connectivity index (χ0n) is 55.0. The topological polar surface area (TPSA) is 395 Å². The molecule has 3 rings (SSSR count). The van der Waals surface area contributed by atoms with Crippen LogP contribution in [0.1, 0.15) is 150 Å². The zero-order chi connectivity index (χ0) is 67.5. The average Bonchev–Trinajstić information content (AvgIpc) is 1.62. The Balaban J connectivity index is 1.92. The predicted molar refractivity (Wildman–Crippen MR) is 340 cm³/mol. The summed E-state index contributed by atoms with van der Waals surface area (Å²) >= 11 is 0. The van der Waals surface area contributed by atoms with Gasteiger partial charge in [-0.1, -0.05) is 111 Å². The fourth-order valence-electron chi connectivity index (χ4n) is 11.4. The van der Waals surface area contributed by atoms with Crippen LogP contribution in [0, 0.1) is 23.7 Å². The number of likely N-dealkylation sites (tertiary alicyclic amines) is 2. The van der Waals surface area contributed by atoms with Crippen molar-refractivity contribution in [3.05, 3.63) is 35.9 Å². The second-order valence-corrected chi connectivity index (χ2v) is 25.4. The number of hydrogen-bond acceptors (Lipinski definition) is 14. The molecule has 13 N–H and O–H groups in total. The number of amides is 10. The Morgan fingerprint density at radius 3 is 1.84 bits per heavy atom. The van der Waals surface area contributed by atoms with Crippen molar-refractivity contribution < 1.29 is 63.0 Å². The van der Waals surface area contributed by atoms with Gasteiger partial charge in [0.05, 0.1) is 18.4 Å². The van der Waals surface area contributed by atoms with Crippen molar-refractivity contribution in [1.29, 1.82) is 0 Å². The number of nitrogens with zero attached hydrogens (tertiary/aromatic N) is 6. The normalized spacial score (nSPS) is 18.4. The SMILES string of the molecule is CCCCCCCC(=O)N1CCC[C@H](C(=O)N(C)[C@@H](Cc2ccccc2)C(=O)N[C@H](CN(C)C)C(=O)N[C@@H](CC(C)C)C(=O)N2C[C@H](O)C[C@H]2C(=O)N(C)[C@@H](CC(C)C)C(=O)N[C@@H](CC(=O)O)C(=O)N[C@@H](CCCN=C(N)N)C(=O)N[C@H](C(N)=O)[C@@H](C)CC)C1. The zero-order valence-corrected chi connectivity index (χ0v) is 55.0. The van der Waals surface area contributed by atoms with E-state index < -0.39 is 126 Å². The summed E-state index contributed by atoms with van der Waals surface area (Å²) in [7, 11) is 6.25. The van der Waals surface area contributed by atoms with Gasteiger partial charge >= 0.3 is 5.97 Å². The van der Waals surface area contributed by atoms with Crippen LogP contribution in [0.3, 0.4) is 0 Å². The van der Waals surface area contributed by atoms with Gasteiger partial charge in [-0.05, 0) is 82.4 Å². The van der Waals surface area contributed by atoms with Gasteiger partial charge in [0.25, 0.3) is 0 Å². The van der Waals surface area contributed by atoms with E-state index in [-0.39, 0.29) is 94.3 Å². The number of carbonyl (C=O) groups is 11. The highest BCUT2D eigenvalue weighted by Crippen LogP contribution is 2.26. The molecule has 506 valence electrons. The first kappa shape index (κ1) is 76.8. The monoisotopic (exact) mass is 1270 g/mol. The van der Waals surface area contributed by atoms with Crippen molar-refractivity contribution in [3.8, 4) is 0 Å². The van der Waals surface area contributed by atoms with E-state index in [1.165, 1.54) is 11.9 Å². The number of hydrogen-bond donors (Lipinski definition) is 10. The molecule has 2 aliphatic heterocycles. The third-order valence-electron chi connectivity index (χ3n) is 16.6. The first-order chi connectivity index (χ1) is 42.4. The number of unbranched alkanes of at least 4 members (excludes halogenated alkanes) is 4. The molecule has 27 heteroatoms. The van der Waals surface area contributed by atoms with Gasteiger partial charge in [-0.2, -0.15) is 0 Å². The molecule has 0 bridgehead atoms. The van der Waals surface area contributed by atoms with Gasteiger partial charge < -0.3 is 78.5 Å². The molecule has 11 atom stereocenters. The fraction of sp³-hybridized carbons (Fsp3) is 0.714. The van der Waals surface area contributed by atoms with E-state index in [1.807, 2.05) is 44.2 Å². The van der Waals surface area contributed by atoms with Crippen LogP contribution in [0.5, 0.6) is 0 Å². The molecule has 0 spiro atoms. The lowest BCUT2D eigenvalue weighted by Crippen LogP contribution is -2.61. The number of carbonyl (C=O) groups excluding carboxylic acids is 10. The molecule has 2 aliphatic rings. The number of carboxylic acid groups (broad SMARTS) is 1. The van der Waals surface area contributed by atoms with Crippen LogP contribution in [-0.2, 0) is 59.2 Å².